The minimum Gasteiger partial charge on any atom is -0.366 e. The molecule has 5 heteroatoms. The lowest BCUT2D eigenvalue weighted by molar-refractivity contribution is 0.100. The molecule has 2 aliphatic rings. The first kappa shape index (κ1) is 12.8. The van der Waals surface area contributed by atoms with Crippen molar-refractivity contribution in [3.63, 3.8) is 0 Å². The first-order valence-electron chi connectivity index (χ1n) is 6.69. The molecule has 19 heavy (non-hydrogen) atoms. The number of hydrogen-bond acceptors (Lipinski definition) is 3. The highest BCUT2D eigenvalue weighted by atomic mass is 35.5. The molecule has 2 saturated heterocycles. The molecular weight excluding hydrogens is 262 g/mol. The Morgan fingerprint density at radius 3 is 2.42 bits per heavy atom. The molecule has 3 rings (SSSR count). The minimum absolute atomic E-state index is 0.303. The molecule has 2 bridgehead atoms. The fraction of sp³-hybridized carbons (Fsp3) is 0.500. The summed E-state index contributed by atoms with van der Waals surface area (Å²) >= 11 is 6.32. The number of amides is 1. The Hall–Kier alpha value is -1.26. The van der Waals surface area contributed by atoms with Crippen molar-refractivity contribution in [2.45, 2.75) is 43.8 Å². The second-order valence-electron chi connectivity index (χ2n) is 5.55. The van der Waals surface area contributed by atoms with Crippen molar-refractivity contribution in [1.29, 1.82) is 0 Å². The summed E-state index contributed by atoms with van der Waals surface area (Å²) in [6.45, 7) is 0. The van der Waals surface area contributed by atoms with Gasteiger partial charge in [-0.3, -0.25) is 4.79 Å². The zero-order chi connectivity index (χ0) is 13.6. The van der Waals surface area contributed by atoms with Crippen LogP contribution < -0.4 is 16.4 Å². The van der Waals surface area contributed by atoms with Gasteiger partial charge in [0.15, 0.2) is 0 Å². The Bertz CT molecular complexity index is 505. The Balaban J connectivity index is 1.93. The molecule has 1 amide bonds. The first-order chi connectivity index (χ1) is 9.06. The van der Waals surface area contributed by atoms with Gasteiger partial charge in [0.2, 0.25) is 5.91 Å². The van der Waals surface area contributed by atoms with Crippen molar-refractivity contribution in [3.05, 3.63) is 28.8 Å². The SMILES string of the molecule is NC(=O)c1ccc(N2C3CCC2CC(N)C3)c(Cl)c1. The summed E-state index contributed by atoms with van der Waals surface area (Å²) in [5.41, 5.74) is 12.8. The van der Waals surface area contributed by atoms with Crippen molar-refractivity contribution in [3.8, 4) is 0 Å². The van der Waals surface area contributed by atoms with Crippen LogP contribution in [0.15, 0.2) is 18.2 Å². The zero-order valence-corrected chi connectivity index (χ0v) is 11.4. The number of piperidine rings is 1. The summed E-state index contributed by atoms with van der Waals surface area (Å²) in [6.07, 6.45) is 4.38. The average molecular weight is 280 g/mol. The molecule has 0 aromatic heterocycles. The molecule has 2 fully saturated rings. The third-order valence-corrected chi connectivity index (χ3v) is 4.58. The van der Waals surface area contributed by atoms with E-state index in [1.165, 1.54) is 12.8 Å². The van der Waals surface area contributed by atoms with Crippen molar-refractivity contribution < 1.29 is 4.79 Å². The van der Waals surface area contributed by atoms with Gasteiger partial charge in [0.05, 0.1) is 10.7 Å². The lowest BCUT2D eigenvalue weighted by Crippen LogP contribution is -2.47. The van der Waals surface area contributed by atoms with Crippen LogP contribution >= 0.6 is 11.6 Å². The van der Waals surface area contributed by atoms with Crippen LogP contribution in [0.4, 0.5) is 5.69 Å². The van der Waals surface area contributed by atoms with Gasteiger partial charge < -0.3 is 16.4 Å². The summed E-state index contributed by atoms with van der Waals surface area (Å²) < 4.78 is 0. The smallest absolute Gasteiger partial charge is 0.248 e. The molecule has 102 valence electrons. The van der Waals surface area contributed by atoms with Crippen molar-refractivity contribution in [2.75, 3.05) is 4.90 Å². The molecule has 0 saturated carbocycles. The lowest BCUT2D eigenvalue weighted by Gasteiger charge is -2.40. The van der Waals surface area contributed by atoms with Gasteiger partial charge in [0.25, 0.3) is 0 Å². The van der Waals surface area contributed by atoms with Gasteiger partial charge in [-0.1, -0.05) is 11.6 Å². The number of primary amides is 1. The van der Waals surface area contributed by atoms with E-state index in [1.807, 2.05) is 6.07 Å². The standard InChI is InChI=1S/C14H18ClN3O/c15-12-5-8(14(17)19)1-4-13(12)18-10-2-3-11(18)7-9(16)6-10/h1,4-5,9-11H,2-3,6-7,16H2,(H2,17,19). The Morgan fingerprint density at radius 1 is 1.26 bits per heavy atom. The summed E-state index contributed by atoms with van der Waals surface area (Å²) in [5, 5.41) is 0.601. The van der Waals surface area contributed by atoms with E-state index in [0.29, 0.717) is 28.7 Å². The van der Waals surface area contributed by atoms with E-state index >= 15 is 0 Å². The predicted octanol–water partition coefficient (Wildman–Crippen LogP) is 1.90. The molecule has 4 nitrogen and oxygen atoms in total. The quantitative estimate of drug-likeness (QED) is 0.868. The van der Waals surface area contributed by atoms with E-state index in [9.17, 15) is 4.79 Å². The zero-order valence-electron chi connectivity index (χ0n) is 10.7. The average Bonchev–Trinajstić information content (AvgIpc) is 2.62. The molecule has 2 heterocycles. The molecule has 0 radical (unpaired) electrons. The molecule has 2 unspecified atom stereocenters. The number of fused-ring (bicyclic) bond motifs is 2. The normalized spacial score (nSPS) is 29.6. The number of carbonyl (C=O) groups is 1. The Kier molecular flexibility index (Phi) is 3.15. The van der Waals surface area contributed by atoms with E-state index in [4.69, 9.17) is 23.1 Å². The van der Waals surface area contributed by atoms with Gasteiger partial charge in [0, 0.05) is 23.7 Å². The molecule has 2 atom stereocenters. The highest BCUT2D eigenvalue weighted by Crippen LogP contribution is 2.41. The van der Waals surface area contributed by atoms with Gasteiger partial charge in [-0.15, -0.1) is 0 Å². The molecule has 1 aromatic carbocycles. The van der Waals surface area contributed by atoms with E-state index in [1.54, 1.807) is 12.1 Å². The van der Waals surface area contributed by atoms with Crippen LogP contribution in [0.1, 0.15) is 36.0 Å². The maximum absolute atomic E-state index is 11.2. The minimum atomic E-state index is -0.447. The Morgan fingerprint density at radius 2 is 1.89 bits per heavy atom. The summed E-state index contributed by atoms with van der Waals surface area (Å²) in [4.78, 5) is 13.5. The van der Waals surface area contributed by atoms with Crippen molar-refractivity contribution in [2.24, 2.45) is 11.5 Å². The number of hydrogen-bond donors (Lipinski definition) is 2. The highest BCUT2D eigenvalue weighted by molar-refractivity contribution is 6.33. The number of halogens is 1. The van der Waals surface area contributed by atoms with Gasteiger partial charge in [0.1, 0.15) is 0 Å². The van der Waals surface area contributed by atoms with Crippen LogP contribution in [0.2, 0.25) is 5.02 Å². The highest BCUT2D eigenvalue weighted by Gasteiger charge is 2.40. The van der Waals surface area contributed by atoms with Crippen LogP contribution in [-0.4, -0.2) is 24.0 Å². The van der Waals surface area contributed by atoms with E-state index < -0.39 is 5.91 Å². The van der Waals surface area contributed by atoms with Crippen LogP contribution in [0, 0.1) is 0 Å². The number of anilines is 1. The number of carbonyl (C=O) groups excluding carboxylic acids is 1. The fourth-order valence-electron chi connectivity index (χ4n) is 3.48. The third kappa shape index (κ3) is 2.19. The van der Waals surface area contributed by atoms with E-state index in [-0.39, 0.29) is 0 Å². The third-order valence-electron chi connectivity index (χ3n) is 4.28. The summed E-state index contributed by atoms with van der Waals surface area (Å²) in [6, 6.07) is 6.57. The molecule has 1 aromatic rings. The second kappa shape index (κ2) is 4.69. The number of benzene rings is 1. The largest absolute Gasteiger partial charge is 0.366 e. The maximum Gasteiger partial charge on any atom is 0.248 e. The van der Waals surface area contributed by atoms with Gasteiger partial charge in [-0.25, -0.2) is 0 Å². The number of rotatable bonds is 2. The first-order valence-corrected chi connectivity index (χ1v) is 7.07. The molecule has 0 spiro atoms. The van der Waals surface area contributed by atoms with Gasteiger partial charge in [-0.05, 0) is 43.9 Å². The molecule has 4 N–H and O–H groups in total. The monoisotopic (exact) mass is 279 g/mol. The van der Waals surface area contributed by atoms with Crippen LogP contribution in [0.25, 0.3) is 0 Å². The van der Waals surface area contributed by atoms with Crippen LogP contribution in [0.5, 0.6) is 0 Å². The van der Waals surface area contributed by atoms with Crippen LogP contribution in [-0.2, 0) is 0 Å². The summed E-state index contributed by atoms with van der Waals surface area (Å²) in [7, 11) is 0. The van der Waals surface area contributed by atoms with E-state index in [2.05, 4.69) is 4.90 Å². The van der Waals surface area contributed by atoms with Crippen molar-refractivity contribution >= 4 is 23.2 Å². The number of nitrogens with two attached hydrogens (primary N) is 2. The molecule has 0 aliphatic carbocycles. The van der Waals surface area contributed by atoms with Crippen LogP contribution in [0.3, 0.4) is 0 Å². The predicted molar refractivity (Wildman–Crippen MR) is 76.5 cm³/mol. The fourth-order valence-corrected chi connectivity index (χ4v) is 3.76. The Labute approximate surface area is 117 Å². The van der Waals surface area contributed by atoms with Crippen molar-refractivity contribution in [1.82, 2.24) is 0 Å². The maximum atomic E-state index is 11.2. The second-order valence-corrected chi connectivity index (χ2v) is 5.96. The molecule has 2 aliphatic heterocycles. The van der Waals surface area contributed by atoms with E-state index in [0.717, 1.165) is 18.5 Å². The van der Waals surface area contributed by atoms with Gasteiger partial charge in [-0.2, -0.15) is 0 Å². The molecular formula is C14H18ClN3O. The summed E-state index contributed by atoms with van der Waals surface area (Å²) in [5.74, 6) is -0.447. The topological polar surface area (TPSA) is 72.4 Å². The number of nitrogens with zero attached hydrogens (tertiary/aromatic N) is 1. The van der Waals surface area contributed by atoms with Gasteiger partial charge >= 0.3 is 0 Å². The lowest BCUT2D eigenvalue weighted by atomic mass is 9.97.